The number of aromatic nitrogens is 2. The fraction of sp³-hybridized carbons (Fsp3) is 0.500. The summed E-state index contributed by atoms with van der Waals surface area (Å²) in [6.07, 6.45) is 2.26. The third-order valence-corrected chi connectivity index (χ3v) is 1.69. The predicted molar refractivity (Wildman–Crippen MR) is 42.3 cm³/mol. The summed E-state index contributed by atoms with van der Waals surface area (Å²) in [4.78, 5) is 10.8. The van der Waals surface area contributed by atoms with Gasteiger partial charge in [0.05, 0.1) is 6.20 Å². The second-order valence-corrected chi connectivity index (χ2v) is 2.78. The minimum Gasteiger partial charge on any atom is -0.300 e. The van der Waals surface area contributed by atoms with E-state index in [1.165, 1.54) is 0 Å². The van der Waals surface area contributed by atoms with Gasteiger partial charge in [0, 0.05) is 19.2 Å². The van der Waals surface area contributed by atoms with Gasteiger partial charge in [-0.2, -0.15) is 5.10 Å². The average molecular weight is 152 g/mol. The number of carbonyl (C=O) groups excluding carboxylic acids is 1. The molecule has 1 aromatic rings. The molecule has 0 aliphatic rings. The number of rotatable bonds is 2. The quantitative estimate of drug-likeness (QED) is 0.630. The Balaban J connectivity index is 2.92. The number of ketones is 1. The zero-order chi connectivity index (χ0) is 8.43. The standard InChI is InChI=1S/C8H12N2O/c1-6-5-9-10(3)8(6)4-7(2)11/h5H,4H2,1-3H3. The SMILES string of the molecule is CC(=O)Cc1c(C)cnn1C. The Morgan fingerprint density at radius 2 is 2.36 bits per heavy atom. The molecule has 11 heavy (non-hydrogen) atoms. The Morgan fingerprint density at radius 1 is 1.73 bits per heavy atom. The van der Waals surface area contributed by atoms with Gasteiger partial charge in [-0.1, -0.05) is 0 Å². The molecule has 0 amide bonds. The Morgan fingerprint density at radius 3 is 2.73 bits per heavy atom. The van der Waals surface area contributed by atoms with Crippen molar-refractivity contribution < 1.29 is 4.79 Å². The molecule has 0 saturated carbocycles. The summed E-state index contributed by atoms with van der Waals surface area (Å²) in [5.41, 5.74) is 2.10. The molecule has 0 bridgehead atoms. The third kappa shape index (κ3) is 1.67. The molecule has 0 saturated heterocycles. The van der Waals surface area contributed by atoms with E-state index >= 15 is 0 Å². The molecule has 0 spiro atoms. The van der Waals surface area contributed by atoms with E-state index in [4.69, 9.17) is 0 Å². The number of hydrogen-bond acceptors (Lipinski definition) is 2. The maximum atomic E-state index is 10.8. The van der Waals surface area contributed by atoms with Gasteiger partial charge in [0.25, 0.3) is 0 Å². The molecular formula is C8H12N2O. The molecule has 0 aromatic carbocycles. The lowest BCUT2D eigenvalue weighted by Gasteiger charge is -1.98. The monoisotopic (exact) mass is 152 g/mol. The maximum Gasteiger partial charge on any atom is 0.135 e. The first-order valence-electron chi connectivity index (χ1n) is 3.58. The van der Waals surface area contributed by atoms with Crippen molar-refractivity contribution in [2.45, 2.75) is 20.3 Å². The van der Waals surface area contributed by atoms with Crippen LogP contribution in [0.1, 0.15) is 18.2 Å². The molecule has 0 radical (unpaired) electrons. The van der Waals surface area contributed by atoms with E-state index in [2.05, 4.69) is 5.10 Å². The minimum absolute atomic E-state index is 0.178. The van der Waals surface area contributed by atoms with Crippen molar-refractivity contribution in [3.05, 3.63) is 17.5 Å². The van der Waals surface area contributed by atoms with Crippen molar-refractivity contribution in [1.82, 2.24) is 9.78 Å². The normalized spacial score (nSPS) is 10.1. The topological polar surface area (TPSA) is 34.9 Å². The van der Waals surface area contributed by atoms with Crippen LogP contribution in [0.4, 0.5) is 0 Å². The molecule has 3 nitrogen and oxygen atoms in total. The van der Waals surface area contributed by atoms with Gasteiger partial charge in [-0.3, -0.25) is 9.48 Å². The number of carbonyl (C=O) groups is 1. The van der Waals surface area contributed by atoms with Crippen LogP contribution in [0.25, 0.3) is 0 Å². The maximum absolute atomic E-state index is 10.8. The Bertz CT molecular complexity index is 256. The Kier molecular flexibility index (Phi) is 2.08. The molecule has 0 N–H and O–H groups in total. The largest absolute Gasteiger partial charge is 0.300 e. The van der Waals surface area contributed by atoms with Crippen LogP contribution < -0.4 is 0 Å². The van der Waals surface area contributed by atoms with Crippen LogP contribution in [0, 0.1) is 6.92 Å². The first kappa shape index (κ1) is 7.98. The number of aryl methyl sites for hydroxylation is 2. The highest BCUT2D eigenvalue weighted by molar-refractivity contribution is 5.78. The first-order valence-corrected chi connectivity index (χ1v) is 3.58. The second kappa shape index (κ2) is 2.86. The summed E-state index contributed by atoms with van der Waals surface area (Å²) < 4.78 is 1.75. The second-order valence-electron chi connectivity index (χ2n) is 2.78. The van der Waals surface area contributed by atoms with E-state index in [0.29, 0.717) is 6.42 Å². The molecule has 3 heteroatoms. The highest BCUT2D eigenvalue weighted by Crippen LogP contribution is 2.05. The van der Waals surface area contributed by atoms with Crippen molar-refractivity contribution in [2.75, 3.05) is 0 Å². The summed E-state index contributed by atoms with van der Waals surface area (Å²) in [5.74, 6) is 0.178. The zero-order valence-electron chi connectivity index (χ0n) is 7.09. The molecule has 0 aliphatic carbocycles. The van der Waals surface area contributed by atoms with E-state index in [-0.39, 0.29) is 5.78 Å². The molecule has 1 heterocycles. The minimum atomic E-state index is 0.178. The van der Waals surface area contributed by atoms with Gasteiger partial charge in [0.2, 0.25) is 0 Å². The molecule has 0 atom stereocenters. The van der Waals surface area contributed by atoms with E-state index in [1.807, 2.05) is 14.0 Å². The van der Waals surface area contributed by atoms with Gasteiger partial charge in [-0.25, -0.2) is 0 Å². The van der Waals surface area contributed by atoms with Crippen molar-refractivity contribution in [1.29, 1.82) is 0 Å². The lowest BCUT2D eigenvalue weighted by Crippen LogP contribution is -2.04. The fourth-order valence-electron chi connectivity index (χ4n) is 1.06. The molecule has 0 fully saturated rings. The highest BCUT2D eigenvalue weighted by Gasteiger charge is 2.05. The van der Waals surface area contributed by atoms with Crippen LogP contribution in [0.2, 0.25) is 0 Å². The van der Waals surface area contributed by atoms with E-state index < -0.39 is 0 Å². The van der Waals surface area contributed by atoms with E-state index in [0.717, 1.165) is 11.3 Å². The lowest BCUT2D eigenvalue weighted by molar-refractivity contribution is -0.116. The average Bonchev–Trinajstić information content (AvgIpc) is 2.18. The molecule has 1 aromatic heterocycles. The van der Waals surface area contributed by atoms with Crippen LogP contribution >= 0.6 is 0 Å². The Labute approximate surface area is 66.0 Å². The van der Waals surface area contributed by atoms with Crippen molar-refractivity contribution in [2.24, 2.45) is 7.05 Å². The van der Waals surface area contributed by atoms with Crippen LogP contribution in [0.15, 0.2) is 6.20 Å². The van der Waals surface area contributed by atoms with Gasteiger partial charge in [-0.05, 0) is 19.4 Å². The summed E-state index contributed by atoms with van der Waals surface area (Å²) in [6, 6.07) is 0. The van der Waals surface area contributed by atoms with Gasteiger partial charge in [-0.15, -0.1) is 0 Å². The number of hydrogen-bond donors (Lipinski definition) is 0. The van der Waals surface area contributed by atoms with Gasteiger partial charge < -0.3 is 0 Å². The van der Waals surface area contributed by atoms with Gasteiger partial charge >= 0.3 is 0 Å². The molecule has 0 unspecified atom stereocenters. The molecular weight excluding hydrogens is 140 g/mol. The van der Waals surface area contributed by atoms with E-state index in [9.17, 15) is 4.79 Å². The van der Waals surface area contributed by atoms with Crippen molar-refractivity contribution in [3.8, 4) is 0 Å². The summed E-state index contributed by atoms with van der Waals surface area (Å²) >= 11 is 0. The molecule has 1 rings (SSSR count). The number of Topliss-reactive ketones (excluding diaryl/α,β-unsaturated/α-hetero) is 1. The lowest BCUT2D eigenvalue weighted by atomic mass is 10.2. The Hall–Kier alpha value is -1.12. The first-order chi connectivity index (χ1) is 5.11. The van der Waals surface area contributed by atoms with Crippen LogP contribution in [-0.4, -0.2) is 15.6 Å². The predicted octanol–water partition coefficient (Wildman–Crippen LogP) is 0.860. The van der Waals surface area contributed by atoms with Gasteiger partial charge in [0.1, 0.15) is 5.78 Å². The highest BCUT2D eigenvalue weighted by atomic mass is 16.1. The summed E-state index contributed by atoms with van der Waals surface area (Å²) in [7, 11) is 1.85. The van der Waals surface area contributed by atoms with Gasteiger partial charge in [0.15, 0.2) is 0 Å². The van der Waals surface area contributed by atoms with Crippen LogP contribution in [-0.2, 0) is 18.3 Å². The third-order valence-electron chi connectivity index (χ3n) is 1.69. The summed E-state index contributed by atoms with van der Waals surface area (Å²) in [6.45, 7) is 3.55. The summed E-state index contributed by atoms with van der Waals surface area (Å²) in [5, 5.41) is 4.03. The number of nitrogens with zero attached hydrogens (tertiary/aromatic N) is 2. The zero-order valence-corrected chi connectivity index (χ0v) is 7.09. The smallest absolute Gasteiger partial charge is 0.135 e. The van der Waals surface area contributed by atoms with Crippen LogP contribution in [0.3, 0.4) is 0 Å². The van der Waals surface area contributed by atoms with Crippen molar-refractivity contribution in [3.63, 3.8) is 0 Å². The fourth-order valence-corrected chi connectivity index (χ4v) is 1.06. The van der Waals surface area contributed by atoms with Crippen LogP contribution in [0.5, 0.6) is 0 Å². The molecule has 60 valence electrons. The molecule has 0 aliphatic heterocycles. The van der Waals surface area contributed by atoms with E-state index in [1.54, 1.807) is 17.8 Å². The van der Waals surface area contributed by atoms with Crippen molar-refractivity contribution >= 4 is 5.78 Å².